The summed E-state index contributed by atoms with van der Waals surface area (Å²) in [6, 6.07) is 5.48. The summed E-state index contributed by atoms with van der Waals surface area (Å²) in [7, 11) is 1.58. The molecule has 6 nitrogen and oxygen atoms in total. The number of rotatable bonds is 9. The number of methoxy groups -OCH3 is 1. The predicted molar refractivity (Wildman–Crippen MR) is 91.9 cm³/mol. The van der Waals surface area contributed by atoms with E-state index >= 15 is 0 Å². The molecule has 0 radical (unpaired) electrons. The van der Waals surface area contributed by atoms with E-state index in [1.807, 2.05) is 25.1 Å². The third kappa shape index (κ3) is 5.61. The Morgan fingerprint density at radius 1 is 1.21 bits per heavy atom. The minimum absolute atomic E-state index is 0.0845. The number of benzene rings is 1. The fourth-order valence-electron chi connectivity index (χ4n) is 2.15. The number of nitrogens with one attached hydrogen (secondary N) is 2. The Morgan fingerprint density at radius 2 is 1.96 bits per heavy atom. The van der Waals surface area contributed by atoms with Gasteiger partial charge in [-0.05, 0) is 43.5 Å². The predicted octanol–water partition coefficient (Wildman–Crippen LogP) is 1.75. The van der Waals surface area contributed by atoms with Gasteiger partial charge in [0.15, 0.2) is 11.5 Å². The van der Waals surface area contributed by atoms with E-state index in [1.165, 1.54) is 6.08 Å². The van der Waals surface area contributed by atoms with Crippen molar-refractivity contribution in [1.82, 2.24) is 10.6 Å². The Hall–Kier alpha value is -2.50. The Balaban J connectivity index is 1.76. The van der Waals surface area contributed by atoms with Gasteiger partial charge >= 0.3 is 0 Å². The minimum atomic E-state index is -0.205. The summed E-state index contributed by atoms with van der Waals surface area (Å²) in [5.74, 6) is 1.37. The SMILES string of the molecule is CCOc1ccc(C=CC(=O)NCCNC(=O)C2CC2)cc1OC. The van der Waals surface area contributed by atoms with Crippen molar-refractivity contribution >= 4 is 17.9 Å². The lowest BCUT2D eigenvalue weighted by atomic mass is 10.2. The topological polar surface area (TPSA) is 76.7 Å². The zero-order chi connectivity index (χ0) is 17.4. The van der Waals surface area contributed by atoms with Gasteiger partial charge in [-0.25, -0.2) is 0 Å². The molecule has 0 spiro atoms. The monoisotopic (exact) mass is 332 g/mol. The summed E-state index contributed by atoms with van der Waals surface area (Å²) in [6.07, 6.45) is 5.12. The van der Waals surface area contributed by atoms with E-state index in [9.17, 15) is 9.59 Å². The van der Waals surface area contributed by atoms with E-state index in [4.69, 9.17) is 9.47 Å². The largest absolute Gasteiger partial charge is 0.493 e. The molecule has 2 rings (SSSR count). The molecule has 6 heteroatoms. The van der Waals surface area contributed by atoms with Gasteiger partial charge in [-0.2, -0.15) is 0 Å². The van der Waals surface area contributed by atoms with Crippen LogP contribution in [0.2, 0.25) is 0 Å². The average molecular weight is 332 g/mol. The van der Waals surface area contributed by atoms with E-state index in [-0.39, 0.29) is 17.7 Å². The van der Waals surface area contributed by atoms with Gasteiger partial charge in [0.05, 0.1) is 13.7 Å². The molecule has 0 aromatic heterocycles. The van der Waals surface area contributed by atoms with Gasteiger partial charge in [0.2, 0.25) is 11.8 Å². The fourth-order valence-corrected chi connectivity index (χ4v) is 2.15. The van der Waals surface area contributed by atoms with Gasteiger partial charge in [-0.15, -0.1) is 0 Å². The van der Waals surface area contributed by atoms with Crippen molar-refractivity contribution in [3.8, 4) is 11.5 Å². The lowest BCUT2D eigenvalue weighted by molar-refractivity contribution is -0.122. The normalized spacial score (nSPS) is 13.6. The van der Waals surface area contributed by atoms with Gasteiger partial charge in [-0.1, -0.05) is 6.07 Å². The highest BCUT2D eigenvalue weighted by Gasteiger charge is 2.28. The van der Waals surface area contributed by atoms with Crippen LogP contribution in [0.25, 0.3) is 6.08 Å². The molecule has 2 amide bonds. The van der Waals surface area contributed by atoms with Crippen LogP contribution in [0.3, 0.4) is 0 Å². The number of carbonyl (C=O) groups excluding carboxylic acids is 2. The maximum atomic E-state index is 11.8. The molecule has 24 heavy (non-hydrogen) atoms. The standard InChI is InChI=1S/C18H24N2O4/c1-3-24-15-8-4-13(12-16(15)23-2)5-9-17(21)19-10-11-20-18(22)14-6-7-14/h4-5,8-9,12,14H,3,6-7,10-11H2,1-2H3,(H,19,21)(H,20,22). The van der Waals surface area contributed by atoms with Crippen molar-refractivity contribution in [3.05, 3.63) is 29.8 Å². The Kier molecular flexibility index (Phi) is 6.66. The molecular formula is C18H24N2O4. The van der Waals surface area contributed by atoms with Crippen LogP contribution >= 0.6 is 0 Å². The number of carbonyl (C=O) groups is 2. The van der Waals surface area contributed by atoms with Crippen LogP contribution in [-0.4, -0.2) is 38.6 Å². The number of amides is 2. The van der Waals surface area contributed by atoms with Gasteiger partial charge in [0, 0.05) is 25.1 Å². The minimum Gasteiger partial charge on any atom is -0.493 e. The Labute approximate surface area is 142 Å². The third-order valence-corrected chi connectivity index (χ3v) is 3.59. The van der Waals surface area contributed by atoms with E-state index in [0.717, 1.165) is 18.4 Å². The molecule has 1 aliphatic carbocycles. The van der Waals surface area contributed by atoms with Gasteiger partial charge in [-0.3, -0.25) is 9.59 Å². The first-order chi connectivity index (χ1) is 11.6. The second-order valence-corrected chi connectivity index (χ2v) is 5.53. The quantitative estimate of drug-likeness (QED) is 0.533. The molecule has 1 aromatic carbocycles. The zero-order valence-electron chi connectivity index (χ0n) is 14.1. The van der Waals surface area contributed by atoms with Crippen molar-refractivity contribution in [2.75, 3.05) is 26.8 Å². The molecule has 0 atom stereocenters. The lowest BCUT2D eigenvalue weighted by Crippen LogP contribution is -2.34. The van der Waals surface area contributed by atoms with Crippen LogP contribution in [0.1, 0.15) is 25.3 Å². The highest BCUT2D eigenvalue weighted by molar-refractivity contribution is 5.91. The molecule has 0 bridgehead atoms. The average Bonchev–Trinajstić information content (AvgIpc) is 3.43. The second-order valence-electron chi connectivity index (χ2n) is 5.53. The summed E-state index contributed by atoms with van der Waals surface area (Å²) >= 11 is 0. The van der Waals surface area contributed by atoms with Gasteiger partial charge in [0.1, 0.15) is 0 Å². The molecule has 0 saturated heterocycles. The van der Waals surface area contributed by atoms with Crippen molar-refractivity contribution in [3.63, 3.8) is 0 Å². The first-order valence-corrected chi connectivity index (χ1v) is 8.18. The third-order valence-electron chi connectivity index (χ3n) is 3.59. The van der Waals surface area contributed by atoms with Gasteiger partial charge < -0.3 is 20.1 Å². The summed E-state index contributed by atoms with van der Waals surface area (Å²) in [4.78, 5) is 23.2. The maximum absolute atomic E-state index is 11.8. The van der Waals surface area contributed by atoms with Crippen LogP contribution in [0.5, 0.6) is 11.5 Å². The summed E-state index contributed by atoms with van der Waals surface area (Å²) < 4.78 is 10.7. The Morgan fingerprint density at radius 3 is 2.62 bits per heavy atom. The fraction of sp³-hybridized carbons (Fsp3) is 0.444. The van der Waals surface area contributed by atoms with Crippen molar-refractivity contribution in [2.24, 2.45) is 5.92 Å². The number of hydrogen-bond donors (Lipinski definition) is 2. The Bertz CT molecular complexity index is 609. The van der Waals surface area contributed by atoms with Crippen LogP contribution in [-0.2, 0) is 9.59 Å². The van der Waals surface area contributed by atoms with E-state index in [1.54, 1.807) is 13.2 Å². The highest BCUT2D eigenvalue weighted by atomic mass is 16.5. The molecule has 2 N–H and O–H groups in total. The maximum Gasteiger partial charge on any atom is 0.244 e. The molecule has 1 saturated carbocycles. The molecule has 130 valence electrons. The molecule has 0 heterocycles. The van der Waals surface area contributed by atoms with Gasteiger partial charge in [0.25, 0.3) is 0 Å². The van der Waals surface area contributed by atoms with Crippen LogP contribution < -0.4 is 20.1 Å². The summed E-state index contributed by atoms with van der Waals surface area (Å²) in [5.41, 5.74) is 0.840. The number of ether oxygens (including phenoxy) is 2. The zero-order valence-corrected chi connectivity index (χ0v) is 14.1. The molecule has 0 aliphatic heterocycles. The second kappa shape index (κ2) is 8.96. The molecule has 1 fully saturated rings. The summed E-state index contributed by atoms with van der Waals surface area (Å²) in [6.45, 7) is 3.33. The van der Waals surface area contributed by atoms with E-state index < -0.39 is 0 Å². The molecular weight excluding hydrogens is 308 g/mol. The van der Waals surface area contributed by atoms with Crippen molar-refractivity contribution < 1.29 is 19.1 Å². The van der Waals surface area contributed by atoms with E-state index in [0.29, 0.717) is 31.2 Å². The van der Waals surface area contributed by atoms with Crippen LogP contribution in [0.4, 0.5) is 0 Å². The van der Waals surface area contributed by atoms with Crippen molar-refractivity contribution in [2.45, 2.75) is 19.8 Å². The van der Waals surface area contributed by atoms with Crippen LogP contribution in [0, 0.1) is 5.92 Å². The summed E-state index contributed by atoms with van der Waals surface area (Å²) in [5, 5.41) is 5.53. The van der Waals surface area contributed by atoms with Crippen molar-refractivity contribution in [1.29, 1.82) is 0 Å². The molecule has 0 unspecified atom stereocenters. The first kappa shape index (κ1) is 17.8. The molecule has 1 aliphatic rings. The van der Waals surface area contributed by atoms with E-state index in [2.05, 4.69) is 10.6 Å². The lowest BCUT2D eigenvalue weighted by Gasteiger charge is -2.09. The number of hydrogen-bond acceptors (Lipinski definition) is 4. The molecule has 1 aromatic rings. The highest BCUT2D eigenvalue weighted by Crippen LogP contribution is 2.29. The van der Waals surface area contributed by atoms with Crippen LogP contribution in [0.15, 0.2) is 24.3 Å². The smallest absolute Gasteiger partial charge is 0.244 e. The first-order valence-electron chi connectivity index (χ1n) is 8.18.